The van der Waals surface area contributed by atoms with E-state index < -0.39 is 41.5 Å². The molecule has 1 atom stereocenters. The molecule has 0 radical (unpaired) electrons. The third kappa shape index (κ3) is 4.84. The Hall–Kier alpha value is -3.51. The number of nitrogens with one attached hydrogen (secondary N) is 2. The summed E-state index contributed by atoms with van der Waals surface area (Å²) >= 11 is 0. The highest BCUT2D eigenvalue weighted by atomic mass is 19.3. The number of carbonyl (C=O) groups excluding carboxylic acids is 1. The summed E-state index contributed by atoms with van der Waals surface area (Å²) < 4.78 is 73.5. The van der Waals surface area contributed by atoms with Crippen molar-refractivity contribution in [2.24, 2.45) is 0 Å². The number of carbonyl (C=O) groups is 1. The summed E-state index contributed by atoms with van der Waals surface area (Å²) in [6.45, 7) is -0.0606. The van der Waals surface area contributed by atoms with E-state index in [-0.39, 0.29) is 43.3 Å². The topological polar surface area (TPSA) is 86.7 Å². The van der Waals surface area contributed by atoms with Gasteiger partial charge < -0.3 is 25.4 Å². The monoisotopic (exact) mass is 496 g/mol. The normalized spacial score (nSPS) is 15.3. The average Bonchev–Trinajstić information content (AvgIpc) is 2.83. The molecule has 2 amide bonds. The highest BCUT2D eigenvalue weighted by molar-refractivity contribution is 5.96. The van der Waals surface area contributed by atoms with Gasteiger partial charge in [-0.3, -0.25) is 0 Å². The van der Waals surface area contributed by atoms with Gasteiger partial charge in [-0.2, -0.15) is 0 Å². The zero-order valence-corrected chi connectivity index (χ0v) is 18.4. The Morgan fingerprint density at radius 3 is 2.57 bits per heavy atom. The zero-order valence-electron chi connectivity index (χ0n) is 18.4. The first kappa shape index (κ1) is 24.6. The number of benzene rings is 2. The van der Waals surface area contributed by atoms with Crippen molar-refractivity contribution >= 4 is 28.3 Å². The number of likely N-dealkylation sites (N-methyl/N-ethyl adjacent to an activating group) is 1. The number of aliphatic hydroxyl groups excluding tert-OH is 1. The Kier molecular flexibility index (Phi) is 7.03. The van der Waals surface area contributed by atoms with Crippen molar-refractivity contribution in [2.45, 2.75) is 19.1 Å². The second-order valence-electron chi connectivity index (χ2n) is 7.89. The first-order valence-corrected chi connectivity index (χ1v) is 10.6. The maximum Gasteiger partial charge on any atom is 0.322 e. The number of hydrogen-bond donors (Lipinski definition) is 3. The lowest BCUT2D eigenvalue weighted by atomic mass is 9.95. The quantitative estimate of drug-likeness (QED) is 0.430. The minimum absolute atomic E-state index is 0.00180. The van der Waals surface area contributed by atoms with E-state index in [9.17, 15) is 26.7 Å². The SMILES string of the molecule is CN(C(=O)Nc1ccc(F)c(C(F)F)c1)C1COCc2nc(NCCO)c3cc(F)c(F)cc3c21. The molecule has 0 spiro atoms. The van der Waals surface area contributed by atoms with Crippen molar-refractivity contribution in [3.05, 3.63) is 64.6 Å². The van der Waals surface area contributed by atoms with Crippen LogP contribution in [0.2, 0.25) is 0 Å². The number of nitrogens with zero attached hydrogens (tertiary/aromatic N) is 2. The van der Waals surface area contributed by atoms with Gasteiger partial charge in [0.05, 0.1) is 37.1 Å². The fourth-order valence-corrected chi connectivity index (χ4v) is 3.97. The van der Waals surface area contributed by atoms with Crippen LogP contribution in [-0.4, -0.2) is 47.8 Å². The van der Waals surface area contributed by atoms with Gasteiger partial charge in [-0.1, -0.05) is 0 Å². The minimum Gasteiger partial charge on any atom is -0.395 e. The lowest BCUT2D eigenvalue weighted by molar-refractivity contribution is 0.0529. The van der Waals surface area contributed by atoms with E-state index in [1.165, 1.54) is 11.9 Å². The largest absolute Gasteiger partial charge is 0.395 e. The number of pyridine rings is 1. The number of rotatable bonds is 6. The fraction of sp³-hybridized carbons (Fsp3) is 0.304. The van der Waals surface area contributed by atoms with E-state index in [1.54, 1.807) is 0 Å². The summed E-state index contributed by atoms with van der Waals surface area (Å²) in [6, 6.07) is 3.28. The molecule has 2 heterocycles. The number of urea groups is 1. The van der Waals surface area contributed by atoms with E-state index in [0.717, 1.165) is 30.3 Å². The number of hydrogen-bond acceptors (Lipinski definition) is 5. The molecule has 7 nitrogen and oxygen atoms in total. The smallest absolute Gasteiger partial charge is 0.322 e. The summed E-state index contributed by atoms with van der Waals surface area (Å²) in [5, 5.41) is 15.0. The Balaban J connectivity index is 1.71. The number of aliphatic hydroxyl groups is 1. The van der Waals surface area contributed by atoms with Crippen LogP contribution in [0.1, 0.15) is 29.3 Å². The van der Waals surface area contributed by atoms with Crippen molar-refractivity contribution in [3.63, 3.8) is 0 Å². The molecule has 0 aliphatic carbocycles. The Labute approximate surface area is 196 Å². The molecular formula is C23H21F5N4O3. The number of anilines is 2. The van der Waals surface area contributed by atoms with E-state index in [1.807, 2.05) is 0 Å². The predicted molar refractivity (Wildman–Crippen MR) is 118 cm³/mol. The highest BCUT2D eigenvalue weighted by Gasteiger charge is 2.32. The fourth-order valence-electron chi connectivity index (χ4n) is 3.97. The molecule has 35 heavy (non-hydrogen) atoms. The van der Waals surface area contributed by atoms with Crippen molar-refractivity contribution < 1.29 is 36.6 Å². The zero-order chi connectivity index (χ0) is 25.3. The lowest BCUT2D eigenvalue weighted by Crippen LogP contribution is -2.39. The number of fused-ring (bicyclic) bond motifs is 3. The molecule has 4 rings (SSSR count). The third-order valence-electron chi connectivity index (χ3n) is 5.69. The number of halogens is 5. The van der Waals surface area contributed by atoms with Crippen LogP contribution in [-0.2, 0) is 11.3 Å². The molecule has 3 N–H and O–H groups in total. The van der Waals surface area contributed by atoms with Crippen molar-refractivity contribution in [2.75, 3.05) is 37.4 Å². The van der Waals surface area contributed by atoms with Gasteiger partial charge in [0.15, 0.2) is 11.6 Å². The molecule has 0 fully saturated rings. The van der Waals surface area contributed by atoms with Crippen molar-refractivity contribution in [3.8, 4) is 0 Å². The van der Waals surface area contributed by atoms with Crippen LogP contribution in [0.5, 0.6) is 0 Å². The maximum absolute atomic E-state index is 14.2. The molecule has 0 saturated heterocycles. The van der Waals surface area contributed by atoms with Gasteiger partial charge in [-0.05, 0) is 35.7 Å². The Bertz CT molecular complexity index is 1270. The van der Waals surface area contributed by atoms with Crippen molar-refractivity contribution in [1.29, 1.82) is 0 Å². The summed E-state index contributed by atoms with van der Waals surface area (Å²) in [5.41, 5.74) is -0.0890. The third-order valence-corrected chi connectivity index (χ3v) is 5.69. The van der Waals surface area contributed by atoms with Gasteiger partial charge in [0.1, 0.15) is 11.6 Å². The maximum atomic E-state index is 14.2. The summed E-state index contributed by atoms with van der Waals surface area (Å²) in [5.74, 6) is -3.07. The van der Waals surface area contributed by atoms with Crippen molar-refractivity contribution in [1.82, 2.24) is 9.88 Å². The average molecular weight is 496 g/mol. The molecule has 2 aromatic carbocycles. The van der Waals surface area contributed by atoms with Gasteiger partial charge in [-0.25, -0.2) is 31.7 Å². The van der Waals surface area contributed by atoms with Crippen LogP contribution in [0.25, 0.3) is 10.8 Å². The summed E-state index contributed by atoms with van der Waals surface area (Å²) in [4.78, 5) is 18.6. The van der Waals surface area contributed by atoms with E-state index in [2.05, 4.69) is 15.6 Å². The van der Waals surface area contributed by atoms with Crippen LogP contribution in [0.3, 0.4) is 0 Å². The second-order valence-corrected chi connectivity index (χ2v) is 7.89. The van der Waals surface area contributed by atoms with Gasteiger partial charge in [0.25, 0.3) is 6.43 Å². The van der Waals surface area contributed by atoms with Crippen LogP contribution in [0, 0.1) is 17.5 Å². The molecule has 1 aliphatic heterocycles. The van der Waals surface area contributed by atoms with E-state index in [4.69, 9.17) is 9.84 Å². The Morgan fingerprint density at radius 2 is 1.89 bits per heavy atom. The van der Waals surface area contributed by atoms with Gasteiger partial charge >= 0.3 is 6.03 Å². The van der Waals surface area contributed by atoms with Crippen LogP contribution in [0.15, 0.2) is 30.3 Å². The summed E-state index contributed by atoms with van der Waals surface area (Å²) in [7, 11) is 1.42. The van der Waals surface area contributed by atoms with E-state index in [0.29, 0.717) is 16.6 Å². The van der Waals surface area contributed by atoms with Crippen LogP contribution in [0.4, 0.5) is 38.3 Å². The predicted octanol–water partition coefficient (Wildman–Crippen LogP) is 4.73. The van der Waals surface area contributed by atoms with Gasteiger partial charge in [0, 0.05) is 30.2 Å². The van der Waals surface area contributed by atoms with Gasteiger partial charge in [0.2, 0.25) is 0 Å². The Morgan fingerprint density at radius 1 is 1.17 bits per heavy atom. The number of ether oxygens (including phenoxy) is 1. The first-order valence-electron chi connectivity index (χ1n) is 10.6. The number of aromatic nitrogens is 1. The molecule has 1 unspecified atom stereocenters. The molecular weight excluding hydrogens is 475 g/mol. The molecule has 12 heteroatoms. The number of alkyl halides is 2. The molecule has 1 aliphatic rings. The molecule has 1 aromatic heterocycles. The van der Waals surface area contributed by atoms with Gasteiger partial charge in [-0.15, -0.1) is 0 Å². The first-order chi connectivity index (χ1) is 16.7. The minimum atomic E-state index is -3.07. The second kappa shape index (κ2) is 10.0. The summed E-state index contributed by atoms with van der Waals surface area (Å²) in [6.07, 6.45) is -3.07. The highest BCUT2D eigenvalue weighted by Crippen LogP contribution is 2.38. The standard InChI is InChI=1S/C23H21F5N4O3/c1-32(23(34)30-11-2-3-15(24)14(6-11)21(27)28)19-10-35-9-18-20(19)12-7-16(25)17(26)8-13(12)22(31-18)29-4-5-33/h2-3,6-8,19,21,33H,4-5,9-10H2,1H3,(H,29,31)(H,30,34). The molecule has 0 saturated carbocycles. The van der Waals surface area contributed by atoms with Crippen LogP contribution >= 0.6 is 0 Å². The van der Waals surface area contributed by atoms with Crippen LogP contribution < -0.4 is 10.6 Å². The van der Waals surface area contributed by atoms with E-state index >= 15 is 0 Å². The lowest BCUT2D eigenvalue weighted by Gasteiger charge is -2.34. The molecule has 186 valence electrons. The molecule has 0 bridgehead atoms. The number of amides is 2. The molecule has 3 aromatic rings.